The number of carbonyl (C=O) groups is 1. The smallest absolute Gasteiger partial charge is 0.357 e. The zero-order valence-corrected chi connectivity index (χ0v) is 21.0. The minimum absolute atomic E-state index is 0.221. The number of hydrogen-bond donors (Lipinski definition) is 0. The van der Waals surface area contributed by atoms with Crippen LogP contribution in [-0.2, 0) is 23.7 Å². The summed E-state index contributed by atoms with van der Waals surface area (Å²) in [5, 5.41) is 10.4. The molecule has 0 saturated carbocycles. The van der Waals surface area contributed by atoms with Crippen LogP contribution in [0.15, 0.2) is 33.8 Å². The maximum atomic E-state index is 11.8. The number of benzene rings is 1. The number of nitrogens with zero attached hydrogens (tertiary/aromatic N) is 4. The van der Waals surface area contributed by atoms with Crippen LogP contribution in [0.5, 0.6) is 5.75 Å². The summed E-state index contributed by atoms with van der Waals surface area (Å²) in [7, 11) is 1.61. The van der Waals surface area contributed by atoms with E-state index in [-0.39, 0.29) is 12.3 Å². The van der Waals surface area contributed by atoms with E-state index in [0.717, 1.165) is 5.69 Å². The third-order valence-electron chi connectivity index (χ3n) is 4.86. The Morgan fingerprint density at radius 1 is 1.00 bits per heavy atom. The first-order chi connectivity index (χ1) is 17.2. The maximum Gasteiger partial charge on any atom is 0.357 e. The number of methoxy groups -OCH3 is 1. The number of hydrogen-bond acceptors (Lipinski definition) is 12. The van der Waals surface area contributed by atoms with Crippen molar-refractivity contribution < 1.29 is 33.2 Å². The third kappa shape index (κ3) is 9.15. The molecule has 1 aliphatic rings. The molecule has 0 radical (unpaired) electrons. The Balaban J connectivity index is 1.67. The summed E-state index contributed by atoms with van der Waals surface area (Å²) in [5.41, 5.74) is 1.71. The van der Waals surface area contributed by atoms with Gasteiger partial charge in [-0.2, -0.15) is 0 Å². The molecule has 0 aliphatic carbocycles. The quantitative estimate of drug-likeness (QED) is 0.426. The fraction of sp³-hybridized carbons (Fsp3) is 0.565. The van der Waals surface area contributed by atoms with E-state index in [4.69, 9.17) is 28.4 Å². The summed E-state index contributed by atoms with van der Waals surface area (Å²) in [6.45, 7) is 7.63. The highest BCUT2D eigenvalue weighted by molar-refractivity contribution is 7.13. The van der Waals surface area contributed by atoms with Crippen molar-refractivity contribution in [3.8, 4) is 5.75 Å². The second-order valence-corrected chi connectivity index (χ2v) is 8.07. The predicted octanol–water partition coefficient (Wildman–Crippen LogP) is 3.63. The second kappa shape index (κ2) is 15.4. The molecule has 0 amide bonds. The topological polar surface area (TPSA) is 113 Å². The number of ether oxygens (including phenoxy) is 6. The standard InChI is InChI=1S/C23H32N4O7S/c1-3-34-22(28)19-17-35-23(24-19)26-25-18-4-5-20(21(16-18)29-2)27-6-8-30-10-12-32-14-15-33-13-11-31-9-7-27/h4-5,16-17H,3,6-15H2,1-2H3. The molecule has 2 aromatic rings. The lowest BCUT2D eigenvalue weighted by Gasteiger charge is -2.26. The molecule has 2 heterocycles. The molecular formula is C23H32N4O7S. The van der Waals surface area contributed by atoms with Gasteiger partial charge in [-0.25, -0.2) is 9.78 Å². The molecule has 0 unspecified atom stereocenters. The fourth-order valence-corrected chi connectivity index (χ4v) is 3.77. The van der Waals surface area contributed by atoms with Gasteiger partial charge in [0.1, 0.15) is 5.75 Å². The van der Waals surface area contributed by atoms with Crippen LogP contribution < -0.4 is 9.64 Å². The molecule has 35 heavy (non-hydrogen) atoms. The SMILES string of the molecule is CCOC(=O)c1csc(N=Nc2ccc(N3CCOCCOCCOCCOCC3)c(OC)c2)n1. The first-order valence-corrected chi connectivity index (χ1v) is 12.4. The van der Waals surface area contributed by atoms with Crippen LogP contribution in [0.4, 0.5) is 16.5 Å². The average Bonchev–Trinajstić information content (AvgIpc) is 3.35. The van der Waals surface area contributed by atoms with E-state index in [1.165, 1.54) is 11.3 Å². The first kappa shape index (κ1) is 27.0. The molecule has 0 bridgehead atoms. The maximum absolute atomic E-state index is 11.8. The molecular weight excluding hydrogens is 476 g/mol. The van der Waals surface area contributed by atoms with Crippen molar-refractivity contribution in [3.63, 3.8) is 0 Å². The number of carbonyl (C=O) groups excluding carboxylic acids is 1. The van der Waals surface area contributed by atoms with E-state index in [9.17, 15) is 4.79 Å². The molecule has 0 N–H and O–H groups in total. The Kier molecular flexibility index (Phi) is 11.8. The van der Waals surface area contributed by atoms with Crippen LogP contribution in [0.2, 0.25) is 0 Å². The number of aromatic nitrogens is 1. The molecule has 0 spiro atoms. The molecule has 11 nitrogen and oxygen atoms in total. The zero-order chi connectivity index (χ0) is 24.7. The number of thiazole rings is 1. The van der Waals surface area contributed by atoms with Gasteiger partial charge in [0.05, 0.1) is 77.9 Å². The summed E-state index contributed by atoms with van der Waals surface area (Å²) in [4.78, 5) is 18.1. The van der Waals surface area contributed by atoms with Crippen LogP contribution >= 0.6 is 11.3 Å². The Hall–Kier alpha value is -2.64. The van der Waals surface area contributed by atoms with Crippen LogP contribution in [0.3, 0.4) is 0 Å². The lowest BCUT2D eigenvalue weighted by Crippen LogP contribution is -2.31. The summed E-state index contributed by atoms with van der Waals surface area (Å²) in [5.74, 6) is 0.175. The van der Waals surface area contributed by atoms with Gasteiger partial charge < -0.3 is 33.3 Å². The summed E-state index contributed by atoms with van der Waals surface area (Å²) >= 11 is 1.22. The predicted molar refractivity (Wildman–Crippen MR) is 131 cm³/mol. The Morgan fingerprint density at radius 2 is 1.63 bits per heavy atom. The Labute approximate surface area is 209 Å². The molecule has 1 aromatic heterocycles. The molecule has 192 valence electrons. The van der Waals surface area contributed by atoms with E-state index in [1.54, 1.807) is 25.5 Å². The molecule has 1 aliphatic heterocycles. The van der Waals surface area contributed by atoms with Crippen LogP contribution in [0.25, 0.3) is 0 Å². The van der Waals surface area contributed by atoms with E-state index >= 15 is 0 Å². The van der Waals surface area contributed by atoms with Crippen molar-refractivity contribution in [1.29, 1.82) is 0 Å². The zero-order valence-electron chi connectivity index (χ0n) is 20.1. The molecule has 3 rings (SSSR count). The van der Waals surface area contributed by atoms with Crippen molar-refractivity contribution in [2.45, 2.75) is 6.92 Å². The fourth-order valence-electron chi connectivity index (χ4n) is 3.16. The van der Waals surface area contributed by atoms with Gasteiger partial charge in [0, 0.05) is 24.5 Å². The van der Waals surface area contributed by atoms with Gasteiger partial charge in [-0.1, -0.05) is 0 Å². The van der Waals surface area contributed by atoms with Gasteiger partial charge in [-0.05, 0) is 19.1 Å². The van der Waals surface area contributed by atoms with Crippen molar-refractivity contribution >= 4 is 33.8 Å². The average molecular weight is 509 g/mol. The summed E-state index contributed by atoms with van der Waals surface area (Å²) in [6.07, 6.45) is 0. The van der Waals surface area contributed by atoms with Gasteiger partial charge in [-0.15, -0.1) is 21.6 Å². The number of anilines is 1. The minimum atomic E-state index is -0.475. The van der Waals surface area contributed by atoms with Crippen molar-refractivity contribution in [3.05, 3.63) is 29.3 Å². The van der Waals surface area contributed by atoms with Gasteiger partial charge in [0.15, 0.2) is 5.69 Å². The Morgan fingerprint density at radius 3 is 2.23 bits per heavy atom. The largest absolute Gasteiger partial charge is 0.495 e. The summed E-state index contributed by atoms with van der Waals surface area (Å²) in [6, 6.07) is 5.58. The van der Waals surface area contributed by atoms with Crippen molar-refractivity contribution in [2.75, 3.05) is 84.6 Å². The van der Waals surface area contributed by atoms with Gasteiger partial charge in [0.25, 0.3) is 0 Å². The highest BCUT2D eigenvalue weighted by atomic mass is 32.1. The molecule has 12 heteroatoms. The van der Waals surface area contributed by atoms with Gasteiger partial charge in [-0.3, -0.25) is 0 Å². The summed E-state index contributed by atoms with van der Waals surface area (Å²) < 4.78 is 33.0. The van der Waals surface area contributed by atoms with Gasteiger partial charge in [0.2, 0.25) is 5.13 Å². The van der Waals surface area contributed by atoms with Gasteiger partial charge >= 0.3 is 5.97 Å². The third-order valence-corrected chi connectivity index (χ3v) is 5.58. The first-order valence-electron chi connectivity index (χ1n) is 11.5. The number of azo groups is 1. The highest BCUT2D eigenvalue weighted by Gasteiger charge is 2.14. The Bertz CT molecular complexity index is 924. The molecule has 0 atom stereocenters. The molecule has 1 saturated heterocycles. The highest BCUT2D eigenvalue weighted by Crippen LogP contribution is 2.33. The minimum Gasteiger partial charge on any atom is -0.495 e. The van der Waals surface area contributed by atoms with Crippen LogP contribution in [0.1, 0.15) is 17.4 Å². The normalized spacial score (nSPS) is 17.0. The molecule has 1 fully saturated rings. The van der Waals surface area contributed by atoms with Crippen molar-refractivity contribution in [2.24, 2.45) is 10.2 Å². The van der Waals surface area contributed by atoms with E-state index < -0.39 is 5.97 Å². The van der Waals surface area contributed by atoms with Crippen LogP contribution in [0, 0.1) is 0 Å². The second-order valence-electron chi connectivity index (χ2n) is 7.23. The number of esters is 1. The number of rotatable bonds is 6. The van der Waals surface area contributed by atoms with E-state index in [0.29, 0.717) is 82.5 Å². The van der Waals surface area contributed by atoms with Crippen molar-refractivity contribution in [1.82, 2.24) is 4.98 Å². The monoisotopic (exact) mass is 508 g/mol. The van der Waals surface area contributed by atoms with Crippen LogP contribution in [-0.4, -0.2) is 90.6 Å². The van der Waals surface area contributed by atoms with E-state index in [1.807, 2.05) is 12.1 Å². The van der Waals surface area contributed by atoms with E-state index in [2.05, 4.69) is 20.1 Å². The lowest BCUT2D eigenvalue weighted by molar-refractivity contribution is 0.00206. The lowest BCUT2D eigenvalue weighted by atomic mass is 10.2. The molecule has 1 aromatic carbocycles.